The van der Waals surface area contributed by atoms with E-state index in [4.69, 9.17) is 0 Å². The summed E-state index contributed by atoms with van der Waals surface area (Å²) in [5.41, 5.74) is -4.83. The summed E-state index contributed by atoms with van der Waals surface area (Å²) in [5.74, 6) is -1.48. The second kappa shape index (κ2) is 6.77. The molecular weight excluding hydrogens is 326 g/mol. The van der Waals surface area contributed by atoms with E-state index in [0.29, 0.717) is 0 Å². The van der Waals surface area contributed by atoms with E-state index < -0.39 is 30.0 Å². The quantitative estimate of drug-likeness (QED) is 0.634. The van der Waals surface area contributed by atoms with Gasteiger partial charge in [-0.15, -0.1) is 0 Å². The molecule has 0 aliphatic heterocycles. The van der Waals surface area contributed by atoms with Crippen LogP contribution in [0, 0.1) is 0 Å². The molecule has 0 saturated carbocycles. The van der Waals surface area contributed by atoms with Gasteiger partial charge in [-0.1, -0.05) is 25.1 Å². The van der Waals surface area contributed by atoms with Crippen molar-refractivity contribution in [2.75, 3.05) is 0 Å². The van der Waals surface area contributed by atoms with Crippen molar-refractivity contribution in [2.24, 2.45) is 0 Å². The molecule has 0 spiro atoms. The summed E-state index contributed by atoms with van der Waals surface area (Å²) in [6.07, 6.45) is -11.5. The third kappa shape index (κ3) is 4.15. The Kier molecular flexibility index (Phi) is 5.68. The van der Waals surface area contributed by atoms with Crippen LogP contribution in [-0.2, 0) is 0 Å². The van der Waals surface area contributed by atoms with Gasteiger partial charge in [0.25, 0.3) is 11.6 Å². The van der Waals surface area contributed by atoms with Crippen molar-refractivity contribution in [1.82, 2.24) is 10.6 Å². The van der Waals surface area contributed by atoms with Gasteiger partial charge in [0, 0.05) is 11.6 Å². The minimum atomic E-state index is -5.78. The van der Waals surface area contributed by atoms with Crippen molar-refractivity contribution in [1.29, 1.82) is 0 Å². The molecule has 23 heavy (non-hydrogen) atoms. The number of nitrogens with one attached hydrogen (secondary N) is 2. The molecule has 9 heteroatoms. The van der Waals surface area contributed by atoms with Gasteiger partial charge in [0.15, 0.2) is 0 Å². The Balaban J connectivity index is 3.30. The van der Waals surface area contributed by atoms with Gasteiger partial charge in [-0.05, 0) is 25.5 Å². The lowest BCUT2D eigenvalue weighted by atomic mass is 10.1. The molecule has 0 aromatic heterocycles. The van der Waals surface area contributed by atoms with E-state index in [2.05, 4.69) is 0 Å². The highest BCUT2D eigenvalue weighted by Crippen LogP contribution is 2.41. The molecule has 1 unspecified atom stereocenters. The van der Waals surface area contributed by atoms with E-state index in [1.807, 2.05) is 0 Å². The Morgan fingerprint density at radius 2 is 1.52 bits per heavy atom. The monoisotopic (exact) mass is 342 g/mol. The lowest BCUT2D eigenvalue weighted by Gasteiger charge is -2.40. The summed E-state index contributed by atoms with van der Waals surface area (Å²) in [6, 6.07) is 5.26. The molecular formula is C14H16F6N2O. The zero-order valence-corrected chi connectivity index (χ0v) is 12.3. The van der Waals surface area contributed by atoms with Crippen LogP contribution >= 0.6 is 0 Å². The second-order valence-electron chi connectivity index (χ2n) is 5.02. The zero-order chi connectivity index (χ0) is 17.9. The molecule has 1 rings (SSSR count). The number of carbonyl (C=O) groups excluding carboxylic acids is 1. The molecule has 1 atom stereocenters. The second-order valence-corrected chi connectivity index (χ2v) is 5.02. The molecule has 0 bridgehead atoms. The number of carbonyl (C=O) groups is 1. The standard InChI is InChI=1S/C14H16F6N2O/c1-3-9(2)21-12(13(15,16)17,14(18,19)20)22-11(23)10-7-5-4-6-8-10/h4-9,21H,3H2,1-2H3,(H,22,23). The van der Waals surface area contributed by atoms with Crippen molar-refractivity contribution < 1.29 is 31.1 Å². The first kappa shape index (κ1) is 19.3. The highest BCUT2D eigenvalue weighted by Gasteiger charge is 2.72. The van der Waals surface area contributed by atoms with Gasteiger partial charge in [0.2, 0.25) is 0 Å². The van der Waals surface area contributed by atoms with E-state index in [1.165, 1.54) is 37.4 Å². The van der Waals surface area contributed by atoms with Crippen LogP contribution in [0.2, 0.25) is 0 Å². The summed E-state index contributed by atoms with van der Waals surface area (Å²) in [7, 11) is 0. The van der Waals surface area contributed by atoms with Gasteiger partial charge in [-0.25, -0.2) is 0 Å². The lowest BCUT2D eigenvalue weighted by Crippen LogP contribution is -2.76. The third-order valence-electron chi connectivity index (χ3n) is 3.26. The number of benzene rings is 1. The Hall–Kier alpha value is -1.77. The highest BCUT2D eigenvalue weighted by atomic mass is 19.4. The molecule has 2 N–H and O–H groups in total. The van der Waals surface area contributed by atoms with E-state index in [-0.39, 0.29) is 12.0 Å². The Morgan fingerprint density at radius 1 is 1.04 bits per heavy atom. The highest BCUT2D eigenvalue weighted by molar-refractivity contribution is 5.94. The average molecular weight is 342 g/mol. The van der Waals surface area contributed by atoms with Gasteiger partial charge in [0.1, 0.15) is 0 Å². The van der Waals surface area contributed by atoms with Crippen LogP contribution in [-0.4, -0.2) is 30.0 Å². The molecule has 130 valence electrons. The summed E-state index contributed by atoms with van der Waals surface area (Å²) in [6.45, 7) is 2.59. The molecule has 0 fully saturated rings. The first-order valence-corrected chi connectivity index (χ1v) is 6.73. The smallest absolute Gasteiger partial charge is 0.319 e. The fourth-order valence-electron chi connectivity index (χ4n) is 1.81. The fraction of sp³-hybridized carbons (Fsp3) is 0.500. The number of hydrogen-bond acceptors (Lipinski definition) is 2. The molecule has 0 saturated heterocycles. The van der Waals surface area contributed by atoms with Crippen molar-refractivity contribution in [3.05, 3.63) is 35.9 Å². The predicted molar refractivity (Wildman–Crippen MR) is 71.6 cm³/mol. The van der Waals surface area contributed by atoms with Crippen molar-refractivity contribution >= 4 is 5.91 Å². The minimum absolute atomic E-state index is 0.00905. The number of hydrogen-bond donors (Lipinski definition) is 2. The molecule has 0 aliphatic rings. The van der Waals surface area contributed by atoms with Gasteiger partial charge >= 0.3 is 12.4 Å². The normalized spacial score (nSPS) is 14.4. The summed E-state index contributed by atoms with van der Waals surface area (Å²) in [4.78, 5) is 11.9. The Morgan fingerprint density at radius 3 is 1.91 bits per heavy atom. The number of rotatable bonds is 5. The topological polar surface area (TPSA) is 41.1 Å². The SMILES string of the molecule is CCC(C)NC(NC(=O)c1ccccc1)(C(F)(F)F)C(F)(F)F. The van der Waals surface area contributed by atoms with E-state index >= 15 is 0 Å². The number of amides is 1. The van der Waals surface area contributed by atoms with Crippen LogP contribution in [0.1, 0.15) is 30.6 Å². The number of halogens is 6. The minimum Gasteiger partial charge on any atom is -0.319 e. The van der Waals surface area contributed by atoms with Crippen LogP contribution in [0.4, 0.5) is 26.3 Å². The van der Waals surface area contributed by atoms with Crippen LogP contribution < -0.4 is 10.6 Å². The van der Waals surface area contributed by atoms with Gasteiger partial charge in [-0.3, -0.25) is 10.1 Å². The fourth-order valence-corrected chi connectivity index (χ4v) is 1.81. The Bertz CT molecular complexity index is 512. The molecule has 0 aliphatic carbocycles. The maximum Gasteiger partial charge on any atom is 0.434 e. The lowest BCUT2D eigenvalue weighted by molar-refractivity contribution is -0.316. The molecule has 3 nitrogen and oxygen atoms in total. The van der Waals surface area contributed by atoms with Crippen LogP contribution in [0.5, 0.6) is 0 Å². The summed E-state index contributed by atoms with van der Waals surface area (Å²) in [5, 5.41) is 2.57. The van der Waals surface area contributed by atoms with E-state index in [9.17, 15) is 31.1 Å². The molecule has 1 aromatic carbocycles. The largest absolute Gasteiger partial charge is 0.434 e. The maximum atomic E-state index is 13.2. The summed E-state index contributed by atoms with van der Waals surface area (Å²) < 4.78 is 79.5. The first-order valence-electron chi connectivity index (χ1n) is 6.73. The van der Waals surface area contributed by atoms with Gasteiger partial charge in [0.05, 0.1) is 0 Å². The molecule has 0 radical (unpaired) electrons. The third-order valence-corrected chi connectivity index (χ3v) is 3.26. The molecule has 1 amide bonds. The van der Waals surface area contributed by atoms with E-state index in [0.717, 1.165) is 17.4 Å². The van der Waals surface area contributed by atoms with Crippen molar-refractivity contribution in [3.63, 3.8) is 0 Å². The van der Waals surface area contributed by atoms with Crippen molar-refractivity contribution in [3.8, 4) is 0 Å². The van der Waals surface area contributed by atoms with Crippen molar-refractivity contribution in [2.45, 2.75) is 44.3 Å². The van der Waals surface area contributed by atoms with Crippen LogP contribution in [0.3, 0.4) is 0 Å². The first-order chi connectivity index (χ1) is 10.4. The predicted octanol–water partition coefficient (Wildman–Crippen LogP) is 3.63. The zero-order valence-electron chi connectivity index (χ0n) is 12.3. The van der Waals surface area contributed by atoms with Gasteiger partial charge in [-0.2, -0.15) is 26.3 Å². The molecule has 1 aromatic rings. The average Bonchev–Trinajstić information content (AvgIpc) is 2.44. The summed E-state index contributed by atoms with van der Waals surface area (Å²) >= 11 is 0. The maximum absolute atomic E-state index is 13.2. The van der Waals surface area contributed by atoms with Gasteiger partial charge < -0.3 is 5.32 Å². The van der Waals surface area contributed by atoms with Crippen LogP contribution in [0.15, 0.2) is 30.3 Å². The van der Waals surface area contributed by atoms with Crippen LogP contribution in [0.25, 0.3) is 0 Å². The molecule has 0 heterocycles. The Labute approximate surface area is 129 Å². The van der Waals surface area contributed by atoms with E-state index in [1.54, 1.807) is 0 Å². The number of alkyl halides is 6.